The average molecular weight is 366 g/mol. The summed E-state index contributed by atoms with van der Waals surface area (Å²) in [4.78, 5) is 0.0961. The maximum atomic E-state index is 12.4. The van der Waals surface area contributed by atoms with Crippen LogP contribution in [0, 0.1) is 6.92 Å². The molecule has 3 N–H and O–H groups in total. The number of nitrogen functional groups attached to an aromatic ring is 1. The van der Waals surface area contributed by atoms with Gasteiger partial charge >= 0.3 is 0 Å². The van der Waals surface area contributed by atoms with Gasteiger partial charge in [-0.05, 0) is 42.8 Å². The minimum Gasteiger partial charge on any atom is -0.399 e. The van der Waals surface area contributed by atoms with Gasteiger partial charge in [0.2, 0.25) is 0 Å². The van der Waals surface area contributed by atoms with E-state index >= 15 is 0 Å². The number of hydrogen-bond acceptors (Lipinski definition) is 3. The summed E-state index contributed by atoms with van der Waals surface area (Å²) in [6.45, 7) is 1.65. The SMILES string of the molecule is Cc1cc(N)ccc1S(=O)(=O)Nc1c(Cl)cc(Cl)cc1Cl. The van der Waals surface area contributed by atoms with Gasteiger partial charge in [-0.1, -0.05) is 34.8 Å². The standard InChI is InChI=1S/C13H11Cl3N2O2S/c1-7-4-9(17)2-3-12(7)21(19,20)18-13-10(15)5-8(14)6-11(13)16/h2-6,18H,17H2,1H3. The predicted molar refractivity (Wildman–Crippen MR) is 87.9 cm³/mol. The molecule has 0 aromatic heterocycles. The summed E-state index contributed by atoms with van der Waals surface area (Å²) in [7, 11) is -3.84. The Kier molecular flexibility index (Phi) is 4.58. The molecule has 0 heterocycles. The zero-order chi connectivity index (χ0) is 15.8. The van der Waals surface area contributed by atoms with E-state index in [1.165, 1.54) is 24.3 Å². The highest BCUT2D eigenvalue weighted by Gasteiger charge is 2.20. The van der Waals surface area contributed by atoms with Crippen molar-refractivity contribution in [1.82, 2.24) is 0 Å². The summed E-state index contributed by atoms with van der Waals surface area (Å²) in [5, 5.41) is 0.546. The van der Waals surface area contributed by atoms with Crippen LogP contribution in [0.25, 0.3) is 0 Å². The van der Waals surface area contributed by atoms with Gasteiger partial charge in [-0.25, -0.2) is 8.42 Å². The summed E-state index contributed by atoms with van der Waals surface area (Å²) < 4.78 is 27.2. The molecule has 0 fully saturated rings. The first-order chi connectivity index (χ1) is 9.70. The van der Waals surface area contributed by atoms with Crippen LogP contribution >= 0.6 is 34.8 Å². The summed E-state index contributed by atoms with van der Waals surface area (Å²) >= 11 is 17.7. The molecule has 0 aliphatic heterocycles. The lowest BCUT2D eigenvalue weighted by Gasteiger charge is -2.13. The van der Waals surface area contributed by atoms with Gasteiger partial charge in [0.1, 0.15) is 0 Å². The molecule has 0 aliphatic rings. The Bertz CT molecular complexity index is 784. The molecule has 0 atom stereocenters. The Labute approximate surface area is 137 Å². The minimum atomic E-state index is -3.84. The molecular weight excluding hydrogens is 355 g/mol. The van der Waals surface area contributed by atoms with Crippen molar-refractivity contribution in [2.75, 3.05) is 10.5 Å². The van der Waals surface area contributed by atoms with E-state index in [0.29, 0.717) is 16.3 Å². The first kappa shape index (κ1) is 16.2. The van der Waals surface area contributed by atoms with Crippen molar-refractivity contribution >= 4 is 56.2 Å². The molecule has 0 amide bonds. The fraction of sp³-hybridized carbons (Fsp3) is 0.0769. The number of anilines is 2. The Hall–Kier alpha value is -1.14. The van der Waals surface area contributed by atoms with Crippen LogP contribution in [0.4, 0.5) is 11.4 Å². The summed E-state index contributed by atoms with van der Waals surface area (Å²) in [5.74, 6) is 0. The molecule has 0 aliphatic carbocycles. The number of sulfonamides is 1. The molecule has 0 saturated heterocycles. The lowest BCUT2D eigenvalue weighted by atomic mass is 10.2. The van der Waals surface area contributed by atoms with Gasteiger partial charge < -0.3 is 5.73 Å². The van der Waals surface area contributed by atoms with Crippen LogP contribution in [0.1, 0.15) is 5.56 Å². The van der Waals surface area contributed by atoms with Crippen molar-refractivity contribution in [2.45, 2.75) is 11.8 Å². The molecule has 2 aromatic rings. The Morgan fingerprint density at radius 2 is 1.62 bits per heavy atom. The van der Waals surface area contributed by atoms with Crippen LogP contribution in [0.5, 0.6) is 0 Å². The van der Waals surface area contributed by atoms with Crippen LogP contribution < -0.4 is 10.5 Å². The van der Waals surface area contributed by atoms with Crippen molar-refractivity contribution in [2.24, 2.45) is 0 Å². The molecule has 4 nitrogen and oxygen atoms in total. The maximum Gasteiger partial charge on any atom is 0.262 e. The quantitative estimate of drug-likeness (QED) is 0.795. The van der Waals surface area contributed by atoms with Crippen LogP contribution in [-0.4, -0.2) is 8.42 Å². The van der Waals surface area contributed by atoms with E-state index in [2.05, 4.69) is 4.72 Å². The lowest BCUT2D eigenvalue weighted by Crippen LogP contribution is -2.15. The topological polar surface area (TPSA) is 72.2 Å². The third-order valence-corrected chi connectivity index (χ3v) is 5.06. The van der Waals surface area contributed by atoms with E-state index in [-0.39, 0.29) is 20.6 Å². The fourth-order valence-corrected chi connectivity index (χ4v) is 4.16. The van der Waals surface area contributed by atoms with Crippen molar-refractivity contribution in [3.05, 3.63) is 51.0 Å². The smallest absolute Gasteiger partial charge is 0.262 e. The van der Waals surface area contributed by atoms with Crippen LogP contribution in [0.15, 0.2) is 35.2 Å². The van der Waals surface area contributed by atoms with Crippen molar-refractivity contribution in [3.8, 4) is 0 Å². The van der Waals surface area contributed by atoms with E-state index in [1.54, 1.807) is 13.0 Å². The molecule has 0 unspecified atom stereocenters. The minimum absolute atomic E-state index is 0.0824. The summed E-state index contributed by atoms with van der Waals surface area (Å²) in [6, 6.07) is 7.31. The van der Waals surface area contributed by atoms with Gasteiger partial charge in [-0.2, -0.15) is 0 Å². The largest absolute Gasteiger partial charge is 0.399 e. The molecule has 0 saturated carbocycles. The molecule has 2 aromatic carbocycles. The monoisotopic (exact) mass is 364 g/mol. The van der Waals surface area contributed by atoms with Crippen LogP contribution in [-0.2, 0) is 10.0 Å². The first-order valence-corrected chi connectivity index (χ1v) is 8.36. The van der Waals surface area contributed by atoms with E-state index in [4.69, 9.17) is 40.5 Å². The second kappa shape index (κ2) is 5.93. The second-order valence-corrected chi connectivity index (χ2v) is 7.28. The lowest BCUT2D eigenvalue weighted by molar-refractivity contribution is 0.600. The number of rotatable bonds is 3. The van der Waals surface area contributed by atoms with Gasteiger partial charge in [0.05, 0.1) is 20.6 Å². The molecule has 0 bridgehead atoms. The van der Waals surface area contributed by atoms with E-state index < -0.39 is 10.0 Å². The van der Waals surface area contributed by atoms with Gasteiger partial charge in [0.25, 0.3) is 10.0 Å². The highest BCUT2D eigenvalue weighted by molar-refractivity contribution is 7.92. The molecule has 21 heavy (non-hydrogen) atoms. The maximum absolute atomic E-state index is 12.4. The van der Waals surface area contributed by atoms with Gasteiger partial charge in [-0.15, -0.1) is 0 Å². The molecule has 0 radical (unpaired) electrons. The van der Waals surface area contributed by atoms with Gasteiger partial charge in [0.15, 0.2) is 0 Å². The third kappa shape index (κ3) is 3.55. The van der Waals surface area contributed by atoms with Crippen LogP contribution in [0.2, 0.25) is 15.1 Å². The highest BCUT2D eigenvalue weighted by Crippen LogP contribution is 2.35. The first-order valence-electron chi connectivity index (χ1n) is 5.74. The molecule has 2 rings (SSSR count). The normalized spacial score (nSPS) is 11.4. The number of nitrogens with one attached hydrogen (secondary N) is 1. The average Bonchev–Trinajstić information content (AvgIpc) is 2.33. The molecular formula is C13H11Cl3N2O2S. The zero-order valence-electron chi connectivity index (χ0n) is 10.8. The van der Waals surface area contributed by atoms with Crippen molar-refractivity contribution in [3.63, 3.8) is 0 Å². The number of aryl methyl sites for hydroxylation is 1. The third-order valence-electron chi connectivity index (χ3n) is 2.73. The number of hydrogen-bond donors (Lipinski definition) is 2. The summed E-state index contributed by atoms with van der Waals surface area (Å²) in [6.07, 6.45) is 0. The molecule has 112 valence electrons. The van der Waals surface area contributed by atoms with Crippen molar-refractivity contribution < 1.29 is 8.42 Å². The molecule has 8 heteroatoms. The van der Waals surface area contributed by atoms with E-state index in [1.807, 2.05) is 0 Å². The highest BCUT2D eigenvalue weighted by atomic mass is 35.5. The van der Waals surface area contributed by atoms with Gasteiger partial charge in [0, 0.05) is 10.7 Å². The van der Waals surface area contributed by atoms with Crippen LogP contribution in [0.3, 0.4) is 0 Å². The predicted octanol–water partition coefficient (Wildman–Crippen LogP) is 4.34. The zero-order valence-corrected chi connectivity index (χ0v) is 13.9. The van der Waals surface area contributed by atoms with Crippen molar-refractivity contribution in [1.29, 1.82) is 0 Å². The molecule has 0 spiro atoms. The number of nitrogens with two attached hydrogens (primary N) is 1. The van der Waals surface area contributed by atoms with E-state index in [9.17, 15) is 8.42 Å². The van der Waals surface area contributed by atoms with E-state index in [0.717, 1.165) is 0 Å². The Morgan fingerprint density at radius 3 is 2.14 bits per heavy atom. The fourth-order valence-electron chi connectivity index (χ4n) is 1.80. The Balaban J connectivity index is 2.47. The number of benzene rings is 2. The number of halogens is 3. The summed E-state index contributed by atoms with van der Waals surface area (Å²) in [5.41, 5.74) is 6.70. The second-order valence-electron chi connectivity index (χ2n) is 4.37. The van der Waals surface area contributed by atoms with Gasteiger partial charge in [-0.3, -0.25) is 4.72 Å². The Morgan fingerprint density at radius 1 is 1.05 bits per heavy atom.